The van der Waals surface area contributed by atoms with Crippen LogP contribution in [0.4, 0.5) is 5.69 Å². The van der Waals surface area contributed by atoms with Crippen LogP contribution in [0.15, 0.2) is 28.9 Å². The average Bonchev–Trinajstić information content (AvgIpc) is 2.35. The molecule has 5 nitrogen and oxygen atoms in total. The Balaban J connectivity index is 2.43. The zero-order chi connectivity index (χ0) is 14.9. The molecule has 20 heavy (non-hydrogen) atoms. The Morgan fingerprint density at radius 3 is 2.45 bits per heavy atom. The summed E-state index contributed by atoms with van der Waals surface area (Å²) in [6, 6.07) is 5.05. The highest BCUT2D eigenvalue weighted by Gasteiger charge is 2.16. The minimum Gasteiger partial charge on any atom is -0.438 e. The summed E-state index contributed by atoms with van der Waals surface area (Å²) in [5, 5.41) is 11.0. The Morgan fingerprint density at radius 2 is 1.85 bits per heavy atom. The number of hydrogen-bond donors (Lipinski definition) is 0. The molecule has 0 aliphatic rings. The van der Waals surface area contributed by atoms with Gasteiger partial charge in [-0.25, -0.2) is 4.98 Å². The first-order chi connectivity index (χ1) is 9.38. The minimum absolute atomic E-state index is 0.0420. The molecule has 0 bridgehead atoms. The topological polar surface area (TPSA) is 65.3 Å². The van der Waals surface area contributed by atoms with E-state index in [1.165, 1.54) is 6.07 Å². The Hall–Kier alpha value is -1.95. The third kappa shape index (κ3) is 2.96. The van der Waals surface area contributed by atoms with Gasteiger partial charge in [-0.2, -0.15) is 0 Å². The summed E-state index contributed by atoms with van der Waals surface area (Å²) in [5.74, 6) is 0.884. The fraction of sp³-hybridized carbons (Fsp3) is 0.214. The lowest BCUT2D eigenvalue weighted by molar-refractivity contribution is -0.385. The summed E-state index contributed by atoms with van der Waals surface area (Å²) in [5.41, 5.74) is 2.33. The molecule has 0 unspecified atom stereocenters. The minimum atomic E-state index is -0.413. The van der Waals surface area contributed by atoms with E-state index in [1.807, 2.05) is 19.9 Å². The van der Waals surface area contributed by atoms with Crippen LogP contribution in [0.3, 0.4) is 0 Å². The molecule has 0 atom stereocenters. The van der Waals surface area contributed by atoms with Gasteiger partial charge in [0.1, 0.15) is 5.75 Å². The number of benzene rings is 1. The fourth-order valence-electron chi connectivity index (χ4n) is 1.87. The van der Waals surface area contributed by atoms with Gasteiger partial charge in [-0.15, -0.1) is 0 Å². The highest BCUT2D eigenvalue weighted by atomic mass is 79.9. The van der Waals surface area contributed by atoms with Crippen LogP contribution in [0, 0.1) is 30.9 Å². The second kappa shape index (κ2) is 5.58. The Morgan fingerprint density at radius 1 is 1.15 bits per heavy atom. The van der Waals surface area contributed by atoms with Crippen LogP contribution in [0.25, 0.3) is 0 Å². The van der Waals surface area contributed by atoms with E-state index in [-0.39, 0.29) is 5.69 Å². The molecule has 0 saturated carbocycles. The van der Waals surface area contributed by atoms with Crippen LogP contribution in [0.1, 0.15) is 16.7 Å². The van der Waals surface area contributed by atoms with Gasteiger partial charge in [0.05, 0.1) is 11.0 Å². The van der Waals surface area contributed by atoms with Gasteiger partial charge in [0, 0.05) is 21.8 Å². The number of hydrogen-bond acceptors (Lipinski definition) is 4. The fourth-order valence-corrected chi connectivity index (χ4v) is 2.31. The van der Waals surface area contributed by atoms with Crippen molar-refractivity contribution in [1.82, 2.24) is 4.98 Å². The molecule has 2 rings (SSSR count). The van der Waals surface area contributed by atoms with Gasteiger partial charge in [0.2, 0.25) is 5.88 Å². The summed E-state index contributed by atoms with van der Waals surface area (Å²) in [6.45, 7) is 5.42. The standard InChI is InChI=1S/C14H13BrN2O3/c1-8-4-9(2)13(6-12(8)17(18)19)20-14-10(3)5-11(15)7-16-14/h4-7H,1-3H3. The van der Waals surface area contributed by atoms with Gasteiger partial charge in [-0.1, -0.05) is 0 Å². The average molecular weight is 337 g/mol. The lowest BCUT2D eigenvalue weighted by Gasteiger charge is -2.11. The molecular formula is C14H13BrN2O3. The maximum atomic E-state index is 11.0. The maximum absolute atomic E-state index is 11.0. The number of aryl methyl sites for hydroxylation is 3. The zero-order valence-corrected chi connectivity index (χ0v) is 12.9. The Kier molecular flexibility index (Phi) is 4.04. The largest absolute Gasteiger partial charge is 0.438 e. The molecule has 0 fully saturated rings. The maximum Gasteiger partial charge on any atom is 0.276 e. The number of nitro benzene ring substituents is 1. The number of nitrogens with zero attached hydrogens (tertiary/aromatic N) is 2. The number of ether oxygens (including phenoxy) is 1. The van der Waals surface area contributed by atoms with Gasteiger partial charge in [-0.3, -0.25) is 10.1 Å². The van der Waals surface area contributed by atoms with E-state index in [1.54, 1.807) is 19.2 Å². The molecule has 104 valence electrons. The van der Waals surface area contributed by atoms with Gasteiger partial charge in [0.15, 0.2) is 0 Å². The predicted molar refractivity (Wildman–Crippen MR) is 79.3 cm³/mol. The number of halogens is 1. The molecule has 0 spiro atoms. The van der Waals surface area contributed by atoms with E-state index in [0.717, 1.165) is 15.6 Å². The van der Waals surface area contributed by atoms with E-state index >= 15 is 0 Å². The summed E-state index contributed by atoms with van der Waals surface area (Å²) in [6.07, 6.45) is 1.63. The smallest absolute Gasteiger partial charge is 0.276 e. The predicted octanol–water partition coefficient (Wildman–Crippen LogP) is 4.47. The molecule has 0 saturated heterocycles. The van der Waals surface area contributed by atoms with Crippen molar-refractivity contribution in [3.05, 3.63) is 55.7 Å². The van der Waals surface area contributed by atoms with E-state index < -0.39 is 4.92 Å². The SMILES string of the molecule is Cc1cc(C)c([N+](=O)[O-])cc1Oc1ncc(Br)cc1C. The van der Waals surface area contributed by atoms with E-state index in [9.17, 15) is 10.1 Å². The van der Waals surface area contributed by atoms with Crippen LogP contribution < -0.4 is 4.74 Å². The monoisotopic (exact) mass is 336 g/mol. The van der Waals surface area contributed by atoms with E-state index in [0.29, 0.717) is 17.2 Å². The number of nitro groups is 1. The molecule has 0 aliphatic carbocycles. The first-order valence-electron chi connectivity index (χ1n) is 5.94. The molecule has 0 amide bonds. The molecule has 2 aromatic rings. The molecule has 1 aromatic carbocycles. The summed E-state index contributed by atoms with van der Waals surface area (Å²) in [4.78, 5) is 14.7. The van der Waals surface area contributed by atoms with E-state index in [2.05, 4.69) is 20.9 Å². The van der Waals surface area contributed by atoms with Crippen molar-refractivity contribution < 1.29 is 9.66 Å². The van der Waals surface area contributed by atoms with Crippen molar-refractivity contribution in [1.29, 1.82) is 0 Å². The van der Waals surface area contributed by atoms with E-state index in [4.69, 9.17) is 4.74 Å². The Bertz CT molecular complexity index is 686. The van der Waals surface area contributed by atoms with Gasteiger partial charge in [-0.05, 0) is 54.4 Å². The van der Waals surface area contributed by atoms with Gasteiger partial charge in [0.25, 0.3) is 5.69 Å². The van der Waals surface area contributed by atoms with Crippen molar-refractivity contribution in [3.8, 4) is 11.6 Å². The van der Waals surface area contributed by atoms with Crippen molar-refractivity contribution >= 4 is 21.6 Å². The van der Waals surface area contributed by atoms with Crippen LogP contribution in [-0.4, -0.2) is 9.91 Å². The normalized spacial score (nSPS) is 10.4. The molecule has 0 N–H and O–H groups in total. The number of aromatic nitrogens is 1. The lowest BCUT2D eigenvalue weighted by Crippen LogP contribution is -1.97. The molecule has 1 heterocycles. The summed E-state index contributed by atoms with van der Waals surface area (Å²) in [7, 11) is 0. The second-order valence-corrected chi connectivity index (χ2v) is 5.45. The second-order valence-electron chi connectivity index (χ2n) is 4.54. The van der Waals surface area contributed by atoms with Gasteiger partial charge >= 0.3 is 0 Å². The molecular weight excluding hydrogens is 324 g/mol. The van der Waals surface area contributed by atoms with Crippen LogP contribution in [-0.2, 0) is 0 Å². The summed E-state index contributed by atoms with van der Waals surface area (Å²) < 4.78 is 6.56. The first kappa shape index (κ1) is 14.5. The molecule has 1 aromatic heterocycles. The van der Waals surface area contributed by atoms with Crippen molar-refractivity contribution in [3.63, 3.8) is 0 Å². The van der Waals surface area contributed by atoms with Crippen molar-refractivity contribution in [2.45, 2.75) is 20.8 Å². The van der Waals surface area contributed by atoms with Crippen LogP contribution in [0.5, 0.6) is 11.6 Å². The number of pyridine rings is 1. The lowest BCUT2D eigenvalue weighted by atomic mass is 10.1. The third-order valence-electron chi connectivity index (χ3n) is 2.89. The first-order valence-corrected chi connectivity index (χ1v) is 6.73. The van der Waals surface area contributed by atoms with Crippen molar-refractivity contribution in [2.75, 3.05) is 0 Å². The molecule has 0 aliphatic heterocycles. The third-order valence-corrected chi connectivity index (χ3v) is 3.33. The van der Waals surface area contributed by atoms with Crippen LogP contribution in [0.2, 0.25) is 0 Å². The number of rotatable bonds is 3. The zero-order valence-electron chi connectivity index (χ0n) is 11.3. The molecule has 6 heteroatoms. The van der Waals surface area contributed by atoms with Crippen LogP contribution >= 0.6 is 15.9 Å². The quantitative estimate of drug-likeness (QED) is 0.612. The van der Waals surface area contributed by atoms with Gasteiger partial charge < -0.3 is 4.74 Å². The Labute approximate surface area is 124 Å². The highest BCUT2D eigenvalue weighted by molar-refractivity contribution is 9.10. The summed E-state index contributed by atoms with van der Waals surface area (Å²) >= 11 is 3.33. The highest BCUT2D eigenvalue weighted by Crippen LogP contribution is 2.32. The van der Waals surface area contributed by atoms with Crippen molar-refractivity contribution in [2.24, 2.45) is 0 Å². The molecule has 0 radical (unpaired) electrons.